The molecule has 0 aliphatic rings. The van der Waals surface area contributed by atoms with E-state index in [1.54, 1.807) is 7.05 Å². The van der Waals surface area contributed by atoms with Crippen LogP contribution in [0, 0.1) is 0 Å². The highest BCUT2D eigenvalue weighted by Gasteiger charge is 2.29. The number of aliphatic imine (C=N–C) groups is 1. The van der Waals surface area contributed by atoms with Crippen LogP contribution in [0.4, 0.5) is 13.2 Å². The second kappa shape index (κ2) is 8.55. The minimum Gasteiger partial charge on any atom is -0.356 e. The Morgan fingerprint density at radius 2 is 1.68 bits per heavy atom. The maximum absolute atomic E-state index is 12.5. The second-order valence-corrected chi connectivity index (χ2v) is 5.72. The molecule has 0 saturated heterocycles. The summed E-state index contributed by atoms with van der Waals surface area (Å²) < 4.78 is 37.6. The Morgan fingerprint density at radius 3 is 2.24 bits per heavy atom. The first kappa shape index (κ1) is 18.8. The Balaban J connectivity index is 1.83. The van der Waals surface area contributed by atoms with E-state index < -0.39 is 11.7 Å². The van der Waals surface area contributed by atoms with Crippen molar-refractivity contribution in [1.29, 1.82) is 0 Å². The van der Waals surface area contributed by atoms with Crippen molar-refractivity contribution < 1.29 is 13.2 Å². The summed E-state index contributed by atoms with van der Waals surface area (Å²) in [5.41, 5.74) is 1.36. The van der Waals surface area contributed by atoms with Gasteiger partial charge in [0.1, 0.15) is 0 Å². The van der Waals surface area contributed by atoms with Gasteiger partial charge in [-0.25, -0.2) is 0 Å². The number of rotatable bonds is 5. The molecule has 134 valence electrons. The molecule has 2 aromatic rings. The summed E-state index contributed by atoms with van der Waals surface area (Å²) in [4.78, 5) is 4.18. The molecule has 2 N–H and O–H groups in total. The van der Waals surface area contributed by atoms with Gasteiger partial charge in [-0.1, -0.05) is 42.5 Å². The van der Waals surface area contributed by atoms with Gasteiger partial charge in [-0.15, -0.1) is 0 Å². The molecule has 0 heterocycles. The van der Waals surface area contributed by atoms with Crippen molar-refractivity contribution in [3.05, 3.63) is 71.3 Å². The van der Waals surface area contributed by atoms with Gasteiger partial charge in [0, 0.05) is 13.6 Å². The molecule has 1 unspecified atom stereocenters. The average molecular weight is 349 g/mol. The minimum absolute atomic E-state index is 0.0958. The molecule has 0 bridgehead atoms. The van der Waals surface area contributed by atoms with Gasteiger partial charge in [0.05, 0.1) is 11.6 Å². The fourth-order valence-corrected chi connectivity index (χ4v) is 2.41. The van der Waals surface area contributed by atoms with Gasteiger partial charge >= 0.3 is 6.18 Å². The highest BCUT2D eigenvalue weighted by molar-refractivity contribution is 5.80. The van der Waals surface area contributed by atoms with E-state index in [1.165, 1.54) is 12.1 Å². The van der Waals surface area contributed by atoms with Crippen LogP contribution in [0.3, 0.4) is 0 Å². The van der Waals surface area contributed by atoms with Crippen molar-refractivity contribution in [1.82, 2.24) is 10.6 Å². The summed E-state index contributed by atoms with van der Waals surface area (Å²) in [6.45, 7) is 2.62. The van der Waals surface area contributed by atoms with E-state index in [-0.39, 0.29) is 6.04 Å². The number of alkyl halides is 3. The number of hydrogen-bond donors (Lipinski definition) is 2. The lowest BCUT2D eigenvalue weighted by molar-refractivity contribution is -0.137. The van der Waals surface area contributed by atoms with Gasteiger partial charge < -0.3 is 10.6 Å². The fraction of sp³-hybridized carbons (Fsp3) is 0.316. The summed E-state index contributed by atoms with van der Waals surface area (Å²) in [6.07, 6.45) is -3.69. The van der Waals surface area contributed by atoms with Crippen molar-refractivity contribution in [3.63, 3.8) is 0 Å². The monoisotopic (exact) mass is 349 g/mol. The van der Waals surface area contributed by atoms with E-state index >= 15 is 0 Å². The van der Waals surface area contributed by atoms with E-state index in [0.29, 0.717) is 18.9 Å². The molecule has 2 rings (SSSR count). The Morgan fingerprint density at radius 1 is 1.04 bits per heavy atom. The van der Waals surface area contributed by atoms with Crippen molar-refractivity contribution in [2.24, 2.45) is 4.99 Å². The normalized spacial score (nSPS) is 13.4. The smallest absolute Gasteiger partial charge is 0.356 e. The van der Waals surface area contributed by atoms with E-state index in [4.69, 9.17) is 0 Å². The summed E-state index contributed by atoms with van der Waals surface area (Å²) in [6, 6.07) is 15.3. The summed E-state index contributed by atoms with van der Waals surface area (Å²) in [5.74, 6) is 0.656. The van der Waals surface area contributed by atoms with E-state index in [0.717, 1.165) is 23.3 Å². The van der Waals surface area contributed by atoms with Crippen molar-refractivity contribution in [2.75, 3.05) is 13.6 Å². The van der Waals surface area contributed by atoms with Gasteiger partial charge in [-0.2, -0.15) is 13.2 Å². The van der Waals surface area contributed by atoms with Crippen LogP contribution >= 0.6 is 0 Å². The van der Waals surface area contributed by atoms with Crippen LogP contribution in [0.1, 0.15) is 29.7 Å². The van der Waals surface area contributed by atoms with Crippen LogP contribution in [-0.2, 0) is 12.6 Å². The molecule has 3 nitrogen and oxygen atoms in total. The van der Waals surface area contributed by atoms with Gasteiger partial charge in [0.25, 0.3) is 0 Å². The summed E-state index contributed by atoms with van der Waals surface area (Å²) >= 11 is 0. The number of nitrogens with one attached hydrogen (secondary N) is 2. The lowest BCUT2D eigenvalue weighted by Crippen LogP contribution is -2.39. The molecule has 0 aliphatic heterocycles. The SMILES string of the molecule is CN=C(NCCc1ccc(C(F)(F)F)cc1)NC(C)c1ccccc1. The lowest BCUT2D eigenvalue weighted by atomic mass is 10.1. The van der Waals surface area contributed by atoms with Crippen molar-refractivity contribution in [3.8, 4) is 0 Å². The topological polar surface area (TPSA) is 36.4 Å². The lowest BCUT2D eigenvalue weighted by Gasteiger charge is -2.18. The predicted molar refractivity (Wildman–Crippen MR) is 94.5 cm³/mol. The first-order valence-electron chi connectivity index (χ1n) is 8.08. The molecule has 6 heteroatoms. The molecule has 0 radical (unpaired) electrons. The van der Waals surface area contributed by atoms with Gasteiger partial charge in [0.2, 0.25) is 0 Å². The Kier molecular flexibility index (Phi) is 6.44. The largest absolute Gasteiger partial charge is 0.416 e. The molecule has 0 spiro atoms. The van der Waals surface area contributed by atoms with Crippen LogP contribution in [0.2, 0.25) is 0 Å². The summed E-state index contributed by atoms with van der Waals surface area (Å²) in [5, 5.41) is 6.47. The molecule has 0 aromatic heterocycles. The van der Waals surface area contributed by atoms with E-state index in [1.807, 2.05) is 37.3 Å². The zero-order chi connectivity index (χ0) is 18.3. The van der Waals surface area contributed by atoms with E-state index in [9.17, 15) is 13.2 Å². The molecular formula is C19H22F3N3. The van der Waals surface area contributed by atoms with Crippen LogP contribution in [0.5, 0.6) is 0 Å². The number of guanidine groups is 1. The molecule has 1 atom stereocenters. The highest BCUT2D eigenvalue weighted by atomic mass is 19.4. The first-order chi connectivity index (χ1) is 11.9. The zero-order valence-electron chi connectivity index (χ0n) is 14.3. The Hall–Kier alpha value is -2.50. The number of nitrogens with zero attached hydrogens (tertiary/aromatic N) is 1. The van der Waals surface area contributed by atoms with Crippen LogP contribution in [0.25, 0.3) is 0 Å². The third kappa shape index (κ3) is 5.81. The van der Waals surface area contributed by atoms with Crippen LogP contribution in [0.15, 0.2) is 59.6 Å². The number of hydrogen-bond acceptors (Lipinski definition) is 1. The van der Waals surface area contributed by atoms with Crippen molar-refractivity contribution in [2.45, 2.75) is 25.6 Å². The minimum atomic E-state index is -4.30. The predicted octanol–water partition coefficient (Wildman–Crippen LogP) is 4.17. The Bertz CT molecular complexity index is 679. The third-order valence-corrected chi connectivity index (χ3v) is 3.86. The average Bonchev–Trinajstić information content (AvgIpc) is 2.61. The molecule has 2 aromatic carbocycles. The van der Waals surface area contributed by atoms with Crippen LogP contribution < -0.4 is 10.6 Å². The molecule has 0 fully saturated rings. The highest BCUT2D eigenvalue weighted by Crippen LogP contribution is 2.29. The quantitative estimate of drug-likeness (QED) is 0.628. The van der Waals surface area contributed by atoms with E-state index in [2.05, 4.69) is 15.6 Å². The molecule has 0 aliphatic carbocycles. The maximum atomic E-state index is 12.5. The van der Waals surface area contributed by atoms with Gasteiger partial charge in [-0.3, -0.25) is 4.99 Å². The first-order valence-corrected chi connectivity index (χ1v) is 8.08. The third-order valence-electron chi connectivity index (χ3n) is 3.86. The fourth-order valence-electron chi connectivity index (χ4n) is 2.41. The summed E-state index contributed by atoms with van der Waals surface area (Å²) in [7, 11) is 1.69. The van der Waals surface area contributed by atoms with Crippen LogP contribution in [-0.4, -0.2) is 19.6 Å². The van der Waals surface area contributed by atoms with Gasteiger partial charge in [-0.05, 0) is 36.6 Å². The zero-order valence-corrected chi connectivity index (χ0v) is 14.3. The molecule has 0 saturated carbocycles. The molecular weight excluding hydrogens is 327 g/mol. The maximum Gasteiger partial charge on any atom is 0.416 e. The number of halogens is 3. The Labute approximate surface area is 146 Å². The molecule has 25 heavy (non-hydrogen) atoms. The van der Waals surface area contributed by atoms with Crippen molar-refractivity contribution >= 4 is 5.96 Å². The number of benzene rings is 2. The second-order valence-electron chi connectivity index (χ2n) is 5.72. The van der Waals surface area contributed by atoms with Gasteiger partial charge in [0.15, 0.2) is 5.96 Å². The molecule has 0 amide bonds. The standard InChI is InChI=1S/C19H22F3N3/c1-14(16-6-4-3-5-7-16)25-18(23-2)24-13-12-15-8-10-17(11-9-15)19(20,21)22/h3-11,14H,12-13H2,1-2H3,(H2,23,24,25).